The number of anilines is 1. The molecule has 0 aliphatic heterocycles. The minimum Gasteiger partial charge on any atom is -0.492 e. The Morgan fingerprint density at radius 1 is 1.33 bits per heavy atom. The quantitative estimate of drug-likeness (QED) is 0.833. The summed E-state index contributed by atoms with van der Waals surface area (Å²) in [5.74, 6) is 1.57. The molecular weight excluding hydrogens is 246 g/mol. The number of hydrogen-bond acceptors (Lipinski definition) is 2. The molecule has 0 radical (unpaired) electrons. The monoisotopic (exact) mass is 267 g/mol. The molecule has 1 aromatic carbocycles. The lowest BCUT2D eigenvalue weighted by Crippen LogP contribution is -2.23. The number of benzene rings is 1. The van der Waals surface area contributed by atoms with Crippen LogP contribution in [0.4, 0.5) is 5.69 Å². The molecule has 0 saturated heterocycles. The van der Waals surface area contributed by atoms with Crippen LogP contribution < -0.4 is 10.1 Å². The summed E-state index contributed by atoms with van der Waals surface area (Å²) in [6.07, 6.45) is 5.20. The Morgan fingerprint density at radius 2 is 2.17 bits per heavy atom. The molecule has 1 saturated carbocycles. The van der Waals surface area contributed by atoms with Crippen molar-refractivity contribution in [3.05, 3.63) is 23.2 Å². The Hall–Kier alpha value is -0.890. The Bertz CT molecular complexity index is 394. The van der Waals surface area contributed by atoms with Gasteiger partial charge in [0.15, 0.2) is 0 Å². The van der Waals surface area contributed by atoms with Crippen molar-refractivity contribution >= 4 is 17.3 Å². The first-order chi connectivity index (χ1) is 8.74. The van der Waals surface area contributed by atoms with Gasteiger partial charge in [-0.1, -0.05) is 31.4 Å². The molecule has 2 nitrogen and oxygen atoms in total. The van der Waals surface area contributed by atoms with Crippen LogP contribution in [0.25, 0.3) is 0 Å². The van der Waals surface area contributed by atoms with E-state index in [1.54, 1.807) is 0 Å². The van der Waals surface area contributed by atoms with E-state index in [1.165, 1.54) is 25.7 Å². The molecule has 0 bridgehead atoms. The van der Waals surface area contributed by atoms with Crippen molar-refractivity contribution in [2.75, 3.05) is 11.9 Å². The van der Waals surface area contributed by atoms with E-state index in [4.69, 9.17) is 16.3 Å². The van der Waals surface area contributed by atoms with Gasteiger partial charge in [0, 0.05) is 11.7 Å². The van der Waals surface area contributed by atoms with Gasteiger partial charge in [-0.2, -0.15) is 0 Å². The predicted molar refractivity (Wildman–Crippen MR) is 77.7 cm³/mol. The number of rotatable bonds is 5. The Kier molecular flexibility index (Phi) is 4.76. The lowest BCUT2D eigenvalue weighted by atomic mass is 10.0. The van der Waals surface area contributed by atoms with Gasteiger partial charge < -0.3 is 10.1 Å². The molecule has 1 aliphatic carbocycles. The first-order valence-corrected chi connectivity index (χ1v) is 7.31. The molecule has 3 heteroatoms. The molecule has 2 rings (SSSR count). The molecule has 1 fully saturated rings. The van der Waals surface area contributed by atoms with Crippen LogP contribution in [-0.2, 0) is 0 Å². The summed E-state index contributed by atoms with van der Waals surface area (Å²) in [7, 11) is 0. The van der Waals surface area contributed by atoms with E-state index in [0.29, 0.717) is 17.7 Å². The van der Waals surface area contributed by atoms with Crippen LogP contribution in [0.5, 0.6) is 5.75 Å². The van der Waals surface area contributed by atoms with Crippen LogP contribution in [0.3, 0.4) is 0 Å². The summed E-state index contributed by atoms with van der Waals surface area (Å²) in [6, 6.07) is 6.58. The van der Waals surface area contributed by atoms with Crippen molar-refractivity contribution in [1.82, 2.24) is 0 Å². The summed E-state index contributed by atoms with van der Waals surface area (Å²) in [5, 5.41) is 4.30. The van der Waals surface area contributed by atoms with E-state index in [-0.39, 0.29) is 0 Å². The summed E-state index contributed by atoms with van der Waals surface area (Å²) in [4.78, 5) is 0. The maximum absolute atomic E-state index is 6.20. The fourth-order valence-electron chi connectivity index (χ4n) is 2.79. The average molecular weight is 268 g/mol. The summed E-state index contributed by atoms with van der Waals surface area (Å²) < 4.78 is 5.44. The van der Waals surface area contributed by atoms with Gasteiger partial charge in [0.25, 0.3) is 0 Å². The highest BCUT2D eigenvalue weighted by Crippen LogP contribution is 2.33. The van der Waals surface area contributed by atoms with Gasteiger partial charge in [-0.25, -0.2) is 0 Å². The van der Waals surface area contributed by atoms with Gasteiger partial charge in [-0.3, -0.25) is 0 Å². The third-order valence-corrected chi connectivity index (χ3v) is 4.06. The smallest absolute Gasteiger partial charge is 0.138 e. The molecule has 1 aromatic rings. The van der Waals surface area contributed by atoms with Crippen molar-refractivity contribution in [2.24, 2.45) is 5.92 Å². The third-order valence-electron chi connectivity index (χ3n) is 3.77. The fourth-order valence-corrected chi connectivity index (χ4v) is 3.03. The van der Waals surface area contributed by atoms with Crippen molar-refractivity contribution in [3.63, 3.8) is 0 Å². The maximum atomic E-state index is 6.20. The Balaban J connectivity index is 2.03. The van der Waals surface area contributed by atoms with Crippen LogP contribution >= 0.6 is 11.6 Å². The average Bonchev–Trinajstić information content (AvgIpc) is 2.80. The first-order valence-electron chi connectivity index (χ1n) is 6.93. The minimum atomic E-state index is 0.601. The zero-order valence-corrected chi connectivity index (χ0v) is 12.0. The fraction of sp³-hybridized carbons (Fsp3) is 0.600. The van der Waals surface area contributed by atoms with E-state index in [0.717, 1.165) is 17.4 Å². The maximum Gasteiger partial charge on any atom is 0.138 e. The Labute approximate surface area is 115 Å². The third kappa shape index (κ3) is 3.11. The van der Waals surface area contributed by atoms with Crippen LogP contribution in [0.1, 0.15) is 39.5 Å². The molecule has 18 heavy (non-hydrogen) atoms. The molecule has 1 aliphatic rings. The van der Waals surface area contributed by atoms with E-state index >= 15 is 0 Å². The van der Waals surface area contributed by atoms with Crippen molar-refractivity contribution < 1.29 is 4.74 Å². The van der Waals surface area contributed by atoms with E-state index in [9.17, 15) is 0 Å². The normalized spacial score (nSPS) is 23.1. The number of hydrogen-bond donors (Lipinski definition) is 1. The van der Waals surface area contributed by atoms with E-state index < -0.39 is 0 Å². The van der Waals surface area contributed by atoms with Gasteiger partial charge in [0.2, 0.25) is 0 Å². The van der Waals surface area contributed by atoms with Crippen molar-refractivity contribution in [2.45, 2.75) is 45.6 Å². The molecule has 0 spiro atoms. The summed E-state index contributed by atoms with van der Waals surface area (Å²) >= 11 is 6.20. The lowest BCUT2D eigenvalue weighted by Gasteiger charge is -2.21. The second kappa shape index (κ2) is 6.33. The molecule has 0 aromatic heterocycles. The largest absolute Gasteiger partial charge is 0.492 e. The first kappa shape index (κ1) is 13.5. The molecule has 0 amide bonds. The van der Waals surface area contributed by atoms with Gasteiger partial charge in [0.05, 0.1) is 11.6 Å². The lowest BCUT2D eigenvalue weighted by molar-refractivity contribution is 0.340. The molecule has 1 N–H and O–H groups in total. The van der Waals surface area contributed by atoms with Gasteiger partial charge in [0.1, 0.15) is 5.75 Å². The molecule has 2 unspecified atom stereocenters. The van der Waals surface area contributed by atoms with Gasteiger partial charge in [-0.05, 0) is 43.9 Å². The van der Waals surface area contributed by atoms with E-state index in [2.05, 4.69) is 18.3 Å². The summed E-state index contributed by atoms with van der Waals surface area (Å²) in [5.41, 5.74) is 1.11. The van der Waals surface area contributed by atoms with Crippen LogP contribution in [0, 0.1) is 5.92 Å². The number of ether oxygens (including phenoxy) is 1. The standard InChI is InChI=1S/C15H22ClNO/c1-3-11-6-5-7-14(11)17-12-8-9-15(18-4-2)13(16)10-12/h8-11,14,17H,3-7H2,1-2H3. The van der Waals surface area contributed by atoms with Gasteiger partial charge >= 0.3 is 0 Å². The topological polar surface area (TPSA) is 21.3 Å². The van der Waals surface area contributed by atoms with Crippen LogP contribution in [-0.4, -0.2) is 12.6 Å². The van der Waals surface area contributed by atoms with Gasteiger partial charge in [-0.15, -0.1) is 0 Å². The number of halogens is 1. The SMILES string of the molecule is CCOc1ccc(NC2CCCC2CC)cc1Cl. The minimum absolute atomic E-state index is 0.601. The second-order valence-corrected chi connectivity index (χ2v) is 5.34. The summed E-state index contributed by atoms with van der Waals surface area (Å²) in [6.45, 7) is 4.88. The highest BCUT2D eigenvalue weighted by Gasteiger charge is 2.25. The molecule has 100 valence electrons. The highest BCUT2D eigenvalue weighted by atomic mass is 35.5. The molecule has 0 heterocycles. The van der Waals surface area contributed by atoms with Crippen molar-refractivity contribution in [3.8, 4) is 5.75 Å². The molecule has 2 atom stereocenters. The molecular formula is C15H22ClNO. The second-order valence-electron chi connectivity index (χ2n) is 4.93. The van der Waals surface area contributed by atoms with Crippen molar-refractivity contribution in [1.29, 1.82) is 0 Å². The van der Waals surface area contributed by atoms with Crippen LogP contribution in [0.2, 0.25) is 5.02 Å². The van der Waals surface area contributed by atoms with E-state index in [1.807, 2.05) is 19.1 Å². The predicted octanol–water partition coefficient (Wildman–Crippen LogP) is 4.73. The number of nitrogens with one attached hydrogen (secondary N) is 1. The Morgan fingerprint density at radius 3 is 2.83 bits per heavy atom. The van der Waals surface area contributed by atoms with Crippen LogP contribution in [0.15, 0.2) is 18.2 Å². The zero-order valence-electron chi connectivity index (χ0n) is 11.2. The zero-order chi connectivity index (χ0) is 13.0. The highest BCUT2D eigenvalue weighted by molar-refractivity contribution is 6.32.